The van der Waals surface area contributed by atoms with Crippen LogP contribution in [0.15, 0.2) is 0 Å². The van der Waals surface area contributed by atoms with Crippen LogP contribution in [-0.2, 0) is 7.05 Å². The molecule has 0 aliphatic rings. The van der Waals surface area contributed by atoms with Gasteiger partial charge in [-0.05, 0) is 0 Å². The maximum atomic E-state index is 8.57. The molecule has 1 heterocycles. The molecule has 0 saturated heterocycles. The van der Waals surface area contributed by atoms with E-state index in [1.54, 1.807) is 18.2 Å². The molecular weight excluding hydrogens is 154 g/mol. The summed E-state index contributed by atoms with van der Waals surface area (Å²) in [6.07, 6.45) is 0. The van der Waals surface area contributed by atoms with Gasteiger partial charge in [0, 0.05) is 7.05 Å². The molecule has 1 rings (SSSR count). The molecule has 56 valence electrons. The third kappa shape index (κ3) is 0.885. The van der Waals surface area contributed by atoms with Crippen molar-refractivity contribution in [3.05, 3.63) is 17.2 Å². The number of nitrogens with zero attached hydrogens (tertiary/aromatic N) is 5. The Morgan fingerprint density at radius 1 is 1.17 bits per heavy atom. The summed E-state index contributed by atoms with van der Waals surface area (Å²) in [5, 5.41) is 25.6. The van der Waals surface area contributed by atoms with Gasteiger partial charge in [0.1, 0.15) is 18.2 Å². The molecule has 12 heavy (non-hydrogen) atoms. The van der Waals surface area contributed by atoms with Gasteiger partial charge in [-0.25, -0.2) is 4.98 Å². The average molecular weight is 157 g/mol. The Bertz CT molecular complexity index is 434. The minimum absolute atomic E-state index is 0.00319. The summed E-state index contributed by atoms with van der Waals surface area (Å²) < 4.78 is 1.29. The van der Waals surface area contributed by atoms with Gasteiger partial charge >= 0.3 is 0 Å². The highest BCUT2D eigenvalue weighted by Gasteiger charge is 2.12. The van der Waals surface area contributed by atoms with Crippen LogP contribution in [0.3, 0.4) is 0 Å². The number of rotatable bonds is 0. The number of hydrogen-bond acceptors (Lipinski definition) is 4. The quantitative estimate of drug-likeness (QED) is 0.531. The predicted octanol–water partition coefficient (Wildman–Crippen LogP) is 0.0351. The van der Waals surface area contributed by atoms with E-state index < -0.39 is 0 Å². The highest BCUT2D eigenvalue weighted by molar-refractivity contribution is 5.40. The van der Waals surface area contributed by atoms with E-state index in [0.29, 0.717) is 0 Å². The maximum Gasteiger partial charge on any atom is 0.214 e. The van der Waals surface area contributed by atoms with Crippen molar-refractivity contribution in [2.24, 2.45) is 7.05 Å². The topological polar surface area (TPSA) is 89.2 Å². The second kappa shape index (κ2) is 2.74. The van der Waals surface area contributed by atoms with Gasteiger partial charge in [0.2, 0.25) is 5.82 Å². The van der Waals surface area contributed by atoms with Gasteiger partial charge in [0.15, 0.2) is 11.4 Å². The van der Waals surface area contributed by atoms with Crippen LogP contribution in [0.5, 0.6) is 0 Å². The second-order valence-corrected chi connectivity index (χ2v) is 2.03. The Hall–Kier alpha value is -2.32. The molecule has 0 fully saturated rings. The van der Waals surface area contributed by atoms with Crippen LogP contribution in [0, 0.1) is 34.0 Å². The summed E-state index contributed by atoms with van der Waals surface area (Å²) in [6, 6.07) is 5.31. The summed E-state index contributed by atoms with van der Waals surface area (Å²) in [4.78, 5) is 3.64. The zero-order chi connectivity index (χ0) is 9.14. The molecule has 0 saturated carbocycles. The first-order chi connectivity index (χ1) is 5.74. The minimum atomic E-state index is -0.00319. The van der Waals surface area contributed by atoms with Gasteiger partial charge in [-0.3, -0.25) is 0 Å². The molecule has 0 amide bonds. The lowest BCUT2D eigenvalue weighted by Crippen LogP contribution is -1.95. The first-order valence-corrected chi connectivity index (χ1v) is 3.01. The van der Waals surface area contributed by atoms with Crippen LogP contribution in [0.1, 0.15) is 17.2 Å². The number of aromatic nitrogens is 2. The van der Waals surface area contributed by atoms with Crippen LogP contribution in [-0.4, -0.2) is 9.55 Å². The van der Waals surface area contributed by atoms with Gasteiger partial charge < -0.3 is 4.57 Å². The maximum absolute atomic E-state index is 8.57. The molecule has 1 aromatic heterocycles. The molecule has 0 radical (unpaired) electrons. The fourth-order valence-electron chi connectivity index (χ4n) is 0.805. The Labute approximate surface area is 68.7 Å². The smallest absolute Gasteiger partial charge is 0.214 e. The zero-order valence-electron chi connectivity index (χ0n) is 6.24. The van der Waals surface area contributed by atoms with Crippen LogP contribution in [0.2, 0.25) is 0 Å². The van der Waals surface area contributed by atoms with E-state index in [-0.39, 0.29) is 17.2 Å². The highest BCUT2D eigenvalue weighted by atomic mass is 15.1. The van der Waals surface area contributed by atoms with Gasteiger partial charge in [-0.2, -0.15) is 15.8 Å². The molecular formula is C7H3N5. The van der Waals surface area contributed by atoms with Crippen molar-refractivity contribution in [2.45, 2.75) is 0 Å². The lowest BCUT2D eigenvalue weighted by molar-refractivity contribution is 0.874. The van der Waals surface area contributed by atoms with Gasteiger partial charge in [0.05, 0.1) is 0 Å². The summed E-state index contributed by atoms with van der Waals surface area (Å²) in [5.74, 6) is 0.0723. The summed E-state index contributed by atoms with van der Waals surface area (Å²) in [7, 11) is 1.52. The number of hydrogen-bond donors (Lipinski definition) is 0. The lowest BCUT2D eigenvalue weighted by Gasteiger charge is -1.89. The van der Waals surface area contributed by atoms with Crippen LogP contribution < -0.4 is 0 Å². The number of nitriles is 3. The predicted molar refractivity (Wildman–Crippen MR) is 37.4 cm³/mol. The largest absolute Gasteiger partial charge is 0.309 e. The number of imidazole rings is 1. The summed E-state index contributed by atoms with van der Waals surface area (Å²) in [6.45, 7) is 0. The molecule has 0 N–H and O–H groups in total. The molecule has 0 unspecified atom stereocenters. The molecule has 0 atom stereocenters. The molecule has 0 aliphatic heterocycles. The lowest BCUT2D eigenvalue weighted by atomic mass is 10.4. The van der Waals surface area contributed by atoms with Crippen molar-refractivity contribution in [1.29, 1.82) is 15.8 Å². The Morgan fingerprint density at radius 3 is 2.17 bits per heavy atom. The molecule has 0 spiro atoms. The molecule has 0 aromatic carbocycles. The molecule has 5 heteroatoms. The van der Waals surface area contributed by atoms with Gasteiger partial charge in [-0.15, -0.1) is 0 Å². The van der Waals surface area contributed by atoms with Crippen molar-refractivity contribution in [2.75, 3.05) is 0 Å². The van der Waals surface area contributed by atoms with E-state index in [9.17, 15) is 0 Å². The van der Waals surface area contributed by atoms with E-state index in [4.69, 9.17) is 15.8 Å². The van der Waals surface area contributed by atoms with Crippen molar-refractivity contribution in [3.8, 4) is 18.2 Å². The summed E-state index contributed by atoms with van der Waals surface area (Å²) >= 11 is 0. The van der Waals surface area contributed by atoms with Gasteiger partial charge in [0.25, 0.3) is 0 Å². The van der Waals surface area contributed by atoms with Gasteiger partial charge in [-0.1, -0.05) is 0 Å². The second-order valence-electron chi connectivity index (χ2n) is 2.03. The van der Waals surface area contributed by atoms with Crippen LogP contribution in [0.4, 0.5) is 0 Å². The molecule has 1 aromatic rings. The SMILES string of the molecule is Cn1c(C#N)nc(C#N)c1C#N. The monoisotopic (exact) mass is 157 g/mol. The first kappa shape index (κ1) is 7.78. The summed E-state index contributed by atoms with van der Waals surface area (Å²) in [5.41, 5.74) is 0.116. The molecule has 5 nitrogen and oxygen atoms in total. The van der Waals surface area contributed by atoms with E-state index in [1.165, 1.54) is 11.6 Å². The van der Waals surface area contributed by atoms with Crippen molar-refractivity contribution in [1.82, 2.24) is 9.55 Å². The Morgan fingerprint density at radius 2 is 1.83 bits per heavy atom. The normalized spacial score (nSPS) is 8.17. The first-order valence-electron chi connectivity index (χ1n) is 3.01. The Balaban J connectivity index is 3.51. The van der Waals surface area contributed by atoms with E-state index in [2.05, 4.69) is 4.98 Å². The third-order valence-electron chi connectivity index (χ3n) is 1.41. The van der Waals surface area contributed by atoms with Crippen molar-refractivity contribution in [3.63, 3.8) is 0 Å². The van der Waals surface area contributed by atoms with E-state index in [0.717, 1.165) is 0 Å². The van der Waals surface area contributed by atoms with Crippen molar-refractivity contribution < 1.29 is 0 Å². The van der Waals surface area contributed by atoms with E-state index >= 15 is 0 Å². The third-order valence-corrected chi connectivity index (χ3v) is 1.41. The van der Waals surface area contributed by atoms with Crippen LogP contribution in [0.25, 0.3) is 0 Å². The molecule has 0 aliphatic carbocycles. The molecule has 0 bridgehead atoms. The Kier molecular flexibility index (Phi) is 1.77. The van der Waals surface area contributed by atoms with Crippen molar-refractivity contribution >= 4 is 0 Å². The van der Waals surface area contributed by atoms with Crippen LogP contribution >= 0.6 is 0 Å². The fourth-order valence-corrected chi connectivity index (χ4v) is 0.805. The zero-order valence-corrected chi connectivity index (χ0v) is 6.24. The van der Waals surface area contributed by atoms with E-state index in [1.807, 2.05) is 0 Å². The fraction of sp³-hybridized carbons (Fsp3) is 0.143. The average Bonchev–Trinajstić information content (AvgIpc) is 2.41. The highest BCUT2D eigenvalue weighted by Crippen LogP contribution is 2.06. The minimum Gasteiger partial charge on any atom is -0.309 e. The standard InChI is InChI=1S/C7H3N5/c1-12-6(3-9)5(2-8)11-7(12)4-10/h1H3.